The summed E-state index contributed by atoms with van der Waals surface area (Å²) in [6.07, 6.45) is -0.587. The van der Waals surface area contributed by atoms with Crippen molar-refractivity contribution in [2.45, 2.75) is 69.6 Å². The number of hydrogen-bond acceptors (Lipinski definition) is 8. The second-order valence-electron chi connectivity index (χ2n) is 8.94. The van der Waals surface area contributed by atoms with E-state index in [4.69, 9.17) is 31.4 Å². The third-order valence-electron chi connectivity index (χ3n) is 5.59. The Kier molecular flexibility index (Phi) is 5.30. The van der Waals surface area contributed by atoms with E-state index in [0.29, 0.717) is 11.1 Å². The van der Waals surface area contributed by atoms with Crippen molar-refractivity contribution in [2.75, 3.05) is 23.6 Å². The van der Waals surface area contributed by atoms with Gasteiger partial charge in [-0.3, -0.25) is 0 Å². The summed E-state index contributed by atoms with van der Waals surface area (Å²) >= 11 is 6.35. The number of nitrogens with zero attached hydrogens (tertiary/aromatic N) is 2. The number of sulfone groups is 1. The lowest BCUT2D eigenvalue weighted by Gasteiger charge is -2.26. The highest BCUT2D eigenvalue weighted by atomic mass is 35.5. The smallest absolute Gasteiger partial charge is 0.229 e. The maximum Gasteiger partial charge on any atom is 0.229 e. The largest absolute Gasteiger partial charge is 0.489 e. The van der Waals surface area contributed by atoms with Gasteiger partial charge in [0.2, 0.25) is 5.95 Å². The third kappa shape index (κ3) is 6.39. The number of nitrogens with one attached hydrogen (secondary N) is 3. The number of para-hydroxylation sites is 1. The lowest BCUT2D eigenvalue weighted by atomic mass is 9.87. The first kappa shape index (κ1) is 16.9. The molecule has 3 aromatic rings. The Morgan fingerprint density at radius 3 is 2.58 bits per heavy atom. The van der Waals surface area contributed by atoms with E-state index in [-0.39, 0.29) is 47.1 Å². The molecule has 1 aliphatic rings. The standard InChI is InChI=1S/C28H36ClN5O3S/c1-17(2)37-25-15-21(20-10-12-30-13-11-20)19(5)14-24(25)33-28-31-16-22(29)27(34-28)32-23-8-6-7-9-26(23)38(35,36)18(3)4/h6-9,14-18,20,30H,10-13H2,1-5H3,(H2,31,32,33,34)/i6D,7D,8D,9D,12D2,13D2,14D,17D,18D. The monoisotopic (exact) mass is 568 g/mol. The van der Waals surface area contributed by atoms with Crippen LogP contribution in [0.3, 0.4) is 0 Å². The van der Waals surface area contributed by atoms with Crippen molar-refractivity contribution in [3.63, 3.8) is 0 Å². The molecule has 0 spiro atoms. The summed E-state index contributed by atoms with van der Waals surface area (Å²) in [5, 5.41) is 5.42. The molecule has 0 atom stereocenters. The Labute approximate surface area is 246 Å². The first-order chi connectivity index (χ1) is 22.2. The third-order valence-corrected chi connectivity index (χ3v) is 7.78. The van der Waals surface area contributed by atoms with Crippen LogP contribution in [0.5, 0.6) is 5.75 Å². The van der Waals surface area contributed by atoms with Crippen LogP contribution in [0, 0.1) is 6.92 Å². The van der Waals surface area contributed by atoms with Gasteiger partial charge in [0.15, 0.2) is 15.7 Å². The summed E-state index contributed by atoms with van der Waals surface area (Å²) in [7, 11) is -4.67. The molecule has 1 saturated heterocycles. The maximum atomic E-state index is 13.4. The molecule has 1 fully saturated rings. The molecular weight excluding hydrogens is 522 g/mol. The number of hydrogen-bond donors (Lipinski definition) is 3. The maximum absolute atomic E-state index is 13.4. The molecule has 0 unspecified atom stereocenters. The van der Waals surface area contributed by atoms with Gasteiger partial charge in [-0.05, 0) is 102 Å². The van der Waals surface area contributed by atoms with E-state index in [9.17, 15) is 8.42 Å². The van der Waals surface area contributed by atoms with E-state index in [1.54, 1.807) is 6.92 Å². The normalized spacial score (nSPS) is 22.0. The van der Waals surface area contributed by atoms with Crippen molar-refractivity contribution < 1.29 is 28.2 Å². The highest BCUT2D eigenvalue weighted by Crippen LogP contribution is 2.37. The lowest BCUT2D eigenvalue weighted by molar-refractivity contribution is 0.243. The molecule has 1 aromatic heterocycles. The number of ether oxygens (including phenoxy) is 1. The van der Waals surface area contributed by atoms with Crippen LogP contribution in [0.25, 0.3) is 0 Å². The van der Waals surface area contributed by atoms with Crippen LogP contribution in [0.4, 0.5) is 23.1 Å². The van der Waals surface area contributed by atoms with Crippen molar-refractivity contribution in [3.8, 4) is 5.75 Å². The molecule has 0 aliphatic carbocycles. The molecular formula is C28H36ClN5O3S. The number of anilines is 4. The van der Waals surface area contributed by atoms with Crippen LogP contribution in [0.2, 0.25) is 5.02 Å². The summed E-state index contributed by atoms with van der Waals surface area (Å²) in [4.78, 5) is 7.55. The van der Waals surface area contributed by atoms with Gasteiger partial charge in [-0.15, -0.1) is 0 Å². The van der Waals surface area contributed by atoms with E-state index in [1.807, 2.05) is 0 Å². The summed E-state index contributed by atoms with van der Waals surface area (Å²) in [6.45, 7) is 2.57. The van der Waals surface area contributed by atoms with Gasteiger partial charge in [-0.1, -0.05) is 23.7 Å². The van der Waals surface area contributed by atoms with Crippen LogP contribution in [-0.2, 0) is 9.84 Å². The van der Waals surface area contributed by atoms with Crippen molar-refractivity contribution in [1.29, 1.82) is 0 Å². The van der Waals surface area contributed by atoms with Crippen molar-refractivity contribution in [3.05, 3.63) is 58.6 Å². The molecule has 0 amide bonds. The van der Waals surface area contributed by atoms with Crippen LogP contribution >= 0.6 is 11.6 Å². The first-order valence-electron chi connectivity index (χ1n) is 17.2. The minimum Gasteiger partial charge on any atom is -0.489 e. The van der Waals surface area contributed by atoms with E-state index >= 15 is 0 Å². The Balaban J connectivity index is 1.84. The van der Waals surface area contributed by atoms with Gasteiger partial charge in [0.05, 0.1) is 42.0 Å². The summed E-state index contributed by atoms with van der Waals surface area (Å²) < 4.78 is 124. The van der Waals surface area contributed by atoms with Crippen LogP contribution in [0.1, 0.15) is 72.7 Å². The zero-order valence-corrected chi connectivity index (χ0v) is 23.1. The van der Waals surface area contributed by atoms with Crippen LogP contribution in [-0.4, -0.2) is 42.7 Å². The Morgan fingerprint density at radius 2 is 1.89 bits per heavy atom. The second kappa shape index (κ2) is 11.9. The fraction of sp³-hybridized carbons (Fsp3) is 0.429. The number of rotatable bonds is 9. The van der Waals surface area contributed by atoms with Crippen LogP contribution < -0.4 is 20.7 Å². The molecule has 10 heteroatoms. The fourth-order valence-corrected chi connectivity index (χ4v) is 4.81. The molecule has 2 aromatic carbocycles. The van der Waals surface area contributed by atoms with Crippen molar-refractivity contribution in [1.82, 2.24) is 15.3 Å². The van der Waals surface area contributed by atoms with E-state index in [2.05, 4.69) is 25.9 Å². The SMILES string of the molecule is [2H]c1c([2H])c([2H])c(S(=O)(=O)C([2H])(C)C)c(Nc2nc(Nc3c(OC([2H])(C)C)cc(C4CC([2H])([2H])NC([2H])([2H])C4)c(C)c3[2H])ncc2Cl)c1[2H]. The number of piperidine rings is 1. The molecule has 0 bridgehead atoms. The molecule has 4 rings (SSSR count). The van der Waals surface area contributed by atoms with Gasteiger partial charge in [0, 0.05) is 6.85 Å². The molecule has 2 heterocycles. The zero-order chi connectivity index (χ0) is 37.2. The van der Waals surface area contributed by atoms with E-state index in [0.717, 1.165) is 20.0 Å². The van der Waals surface area contributed by atoms with Crippen molar-refractivity contribution in [2.24, 2.45) is 0 Å². The molecule has 0 radical (unpaired) electrons. The van der Waals surface area contributed by atoms with Gasteiger partial charge in [-0.25, -0.2) is 13.4 Å². The molecule has 1 aliphatic heterocycles. The minimum atomic E-state index is -4.67. The highest BCUT2D eigenvalue weighted by molar-refractivity contribution is 7.92. The summed E-state index contributed by atoms with van der Waals surface area (Å²) in [5.41, 5.74) is 0.223. The van der Waals surface area contributed by atoms with Gasteiger partial charge in [0.25, 0.3) is 0 Å². The Hall–Kier alpha value is -2.88. The molecule has 38 heavy (non-hydrogen) atoms. The predicted molar refractivity (Wildman–Crippen MR) is 154 cm³/mol. The first-order valence-corrected chi connectivity index (χ1v) is 13.6. The number of benzene rings is 2. The quantitative estimate of drug-likeness (QED) is 0.274. The highest BCUT2D eigenvalue weighted by Gasteiger charge is 2.24. The number of aromatic nitrogens is 2. The van der Waals surface area contributed by atoms with Gasteiger partial charge in [0.1, 0.15) is 10.8 Å². The van der Waals surface area contributed by atoms with Crippen molar-refractivity contribution >= 4 is 44.6 Å². The van der Waals surface area contributed by atoms with Gasteiger partial charge in [-0.2, -0.15) is 4.98 Å². The van der Waals surface area contributed by atoms with Gasteiger partial charge >= 0.3 is 0 Å². The average Bonchev–Trinajstić information content (AvgIpc) is 2.92. The zero-order valence-electron chi connectivity index (χ0n) is 32.6. The topological polar surface area (TPSA) is 105 Å². The second-order valence-corrected chi connectivity index (χ2v) is 11.6. The fourth-order valence-electron chi connectivity index (χ4n) is 3.70. The van der Waals surface area contributed by atoms with E-state index in [1.165, 1.54) is 19.9 Å². The Morgan fingerprint density at radius 1 is 1.18 bits per heavy atom. The summed E-state index contributed by atoms with van der Waals surface area (Å²) in [6, 6.07) is -1.85. The average molecular weight is 569 g/mol. The summed E-state index contributed by atoms with van der Waals surface area (Å²) in [5.74, 6) is -1.17. The Bertz CT molecular complexity index is 1900. The molecule has 8 nitrogen and oxygen atoms in total. The van der Waals surface area contributed by atoms with E-state index < -0.39 is 74.8 Å². The predicted octanol–water partition coefficient (Wildman–Crippen LogP) is 6.36. The van der Waals surface area contributed by atoms with Gasteiger partial charge < -0.3 is 20.7 Å². The lowest BCUT2D eigenvalue weighted by Crippen LogP contribution is -2.27. The minimum absolute atomic E-state index is 0.00402. The number of halogens is 1. The molecule has 204 valence electrons. The van der Waals surface area contributed by atoms with Crippen LogP contribution in [0.15, 0.2) is 47.4 Å². The molecule has 3 N–H and O–H groups in total. The molecule has 0 saturated carbocycles.